The first kappa shape index (κ1) is 15.4. The highest BCUT2D eigenvalue weighted by molar-refractivity contribution is 5.65. The number of quaternary nitrogens is 1. The average molecular weight is 313 g/mol. The molecule has 2 aromatic carbocycles. The molecule has 2 aromatic rings. The van der Waals surface area contributed by atoms with Crippen LogP contribution in [-0.2, 0) is 17.8 Å². The van der Waals surface area contributed by atoms with E-state index in [2.05, 4.69) is 12.1 Å². The summed E-state index contributed by atoms with van der Waals surface area (Å²) in [5.74, 6) is 0.423. The average Bonchev–Trinajstić information content (AvgIpc) is 3.01. The molecular weight excluding hydrogens is 294 g/mol. The van der Waals surface area contributed by atoms with Crippen LogP contribution in [0.5, 0.6) is 11.5 Å². The maximum absolute atomic E-state index is 11.0. The molecule has 1 atom stereocenters. The van der Waals surface area contributed by atoms with Crippen LogP contribution in [0.3, 0.4) is 0 Å². The van der Waals surface area contributed by atoms with E-state index >= 15 is 0 Å². The lowest BCUT2D eigenvalue weighted by molar-refractivity contribution is -0.908. The molecule has 1 aliphatic rings. The lowest BCUT2D eigenvalue weighted by Gasteiger charge is -2.20. The van der Waals surface area contributed by atoms with E-state index in [1.165, 1.54) is 5.56 Å². The summed E-state index contributed by atoms with van der Waals surface area (Å²) in [7, 11) is 0. The van der Waals surface area contributed by atoms with Crippen molar-refractivity contribution >= 4 is 5.97 Å². The summed E-state index contributed by atoms with van der Waals surface area (Å²) in [4.78, 5) is 12.0. The van der Waals surface area contributed by atoms with Crippen LogP contribution in [0, 0.1) is 0 Å². The monoisotopic (exact) mass is 313 g/mol. The van der Waals surface area contributed by atoms with E-state index in [0.717, 1.165) is 34.9 Å². The zero-order chi connectivity index (χ0) is 16.1. The van der Waals surface area contributed by atoms with Crippen LogP contribution in [0.2, 0.25) is 0 Å². The topological polar surface area (TPSA) is 63.0 Å². The van der Waals surface area contributed by atoms with Gasteiger partial charge in [0.1, 0.15) is 13.1 Å². The Morgan fingerprint density at radius 2 is 1.83 bits per heavy atom. The number of hydrogen-bond donors (Lipinski definition) is 1. The number of aliphatic carboxylic acids is 1. The zero-order valence-electron chi connectivity index (χ0n) is 12.8. The molecule has 0 bridgehead atoms. The number of nitrogens with one attached hydrogen (secondary N) is 1. The highest BCUT2D eigenvalue weighted by atomic mass is 16.7. The van der Waals surface area contributed by atoms with Crippen LogP contribution in [0.1, 0.15) is 11.1 Å². The number of carbonyl (C=O) groups is 1. The van der Waals surface area contributed by atoms with Crippen LogP contribution in [0.15, 0.2) is 48.5 Å². The maximum Gasteiger partial charge on any atom is 0.231 e. The molecule has 0 spiro atoms. The number of carboxylic acid groups (broad SMARTS) is 1. The minimum atomic E-state index is -1.03. The van der Waals surface area contributed by atoms with Crippen LogP contribution >= 0.6 is 0 Å². The number of benzene rings is 2. The van der Waals surface area contributed by atoms with Crippen molar-refractivity contribution in [3.8, 4) is 11.5 Å². The molecule has 1 aliphatic heterocycles. The van der Waals surface area contributed by atoms with Crippen molar-refractivity contribution < 1.29 is 24.3 Å². The summed E-state index contributed by atoms with van der Waals surface area (Å²) in [6.45, 7) is 1.56. The van der Waals surface area contributed by atoms with E-state index in [1.54, 1.807) is 0 Å². The van der Waals surface area contributed by atoms with Crippen LogP contribution < -0.4 is 19.5 Å². The summed E-state index contributed by atoms with van der Waals surface area (Å²) >= 11 is 0. The van der Waals surface area contributed by atoms with Gasteiger partial charge in [-0.3, -0.25) is 0 Å². The summed E-state index contributed by atoms with van der Waals surface area (Å²) in [5, 5.41) is 11.0. The van der Waals surface area contributed by atoms with Crippen molar-refractivity contribution in [1.82, 2.24) is 0 Å². The molecule has 3 rings (SSSR count). The molecule has 0 saturated heterocycles. The third-order valence-electron chi connectivity index (χ3n) is 3.90. The second kappa shape index (κ2) is 7.15. The minimum Gasteiger partial charge on any atom is -0.544 e. The van der Waals surface area contributed by atoms with Gasteiger partial charge in [-0.1, -0.05) is 30.3 Å². The highest BCUT2D eigenvalue weighted by Crippen LogP contribution is 2.32. The van der Waals surface area contributed by atoms with Gasteiger partial charge in [0.05, 0.1) is 12.5 Å². The van der Waals surface area contributed by atoms with Gasteiger partial charge in [-0.05, 0) is 23.8 Å². The molecule has 0 radical (unpaired) electrons. The Labute approximate surface area is 135 Å². The Morgan fingerprint density at radius 1 is 1.04 bits per heavy atom. The molecular formula is C18H19NO4. The lowest BCUT2D eigenvalue weighted by Crippen LogP contribution is -3.12. The summed E-state index contributed by atoms with van der Waals surface area (Å²) < 4.78 is 10.7. The molecule has 1 N–H and O–H groups in total. The lowest BCUT2D eigenvalue weighted by atomic mass is 10.1. The van der Waals surface area contributed by atoms with Crippen molar-refractivity contribution in [3.05, 3.63) is 59.7 Å². The maximum atomic E-state index is 11.0. The molecule has 1 unspecified atom stereocenters. The first-order valence-corrected chi connectivity index (χ1v) is 7.66. The molecule has 5 heteroatoms. The summed E-state index contributed by atoms with van der Waals surface area (Å²) in [5.41, 5.74) is 2.23. The van der Waals surface area contributed by atoms with Crippen molar-refractivity contribution in [2.45, 2.75) is 13.0 Å². The first-order valence-electron chi connectivity index (χ1n) is 7.66. The van der Waals surface area contributed by atoms with Gasteiger partial charge in [-0.15, -0.1) is 0 Å². The zero-order valence-corrected chi connectivity index (χ0v) is 12.8. The SMILES string of the molecule is O=C([O-])C[NH+](CCc1ccccc1)Cc1ccc2c(c1)OCO2. The van der Waals surface area contributed by atoms with Crippen LogP contribution in [0.25, 0.3) is 0 Å². The molecule has 0 amide bonds. The van der Waals surface area contributed by atoms with Crippen LogP contribution in [-0.4, -0.2) is 25.9 Å². The number of carboxylic acids is 1. The van der Waals surface area contributed by atoms with E-state index in [0.29, 0.717) is 6.54 Å². The Bertz CT molecular complexity index is 672. The number of fused-ring (bicyclic) bond motifs is 1. The van der Waals surface area contributed by atoms with Crippen molar-refractivity contribution in [2.24, 2.45) is 0 Å². The van der Waals surface area contributed by atoms with Gasteiger partial charge in [0, 0.05) is 12.0 Å². The van der Waals surface area contributed by atoms with E-state index in [4.69, 9.17) is 9.47 Å². The quantitative estimate of drug-likeness (QED) is 0.768. The fourth-order valence-electron chi connectivity index (χ4n) is 2.75. The molecule has 0 saturated carbocycles. The Kier molecular flexibility index (Phi) is 4.78. The molecule has 1 heterocycles. The van der Waals surface area contributed by atoms with Gasteiger partial charge in [0.25, 0.3) is 0 Å². The summed E-state index contributed by atoms with van der Waals surface area (Å²) in [6.07, 6.45) is 0.827. The van der Waals surface area contributed by atoms with Gasteiger partial charge in [-0.25, -0.2) is 0 Å². The normalized spacial score (nSPS) is 13.7. The smallest absolute Gasteiger partial charge is 0.231 e. The predicted octanol–water partition coefficient (Wildman–Crippen LogP) is -0.207. The Balaban J connectivity index is 1.65. The molecule has 0 aliphatic carbocycles. The standard InChI is InChI=1S/C18H19NO4/c20-18(21)12-19(9-8-14-4-2-1-3-5-14)11-15-6-7-16-17(10-15)23-13-22-16/h1-7,10H,8-9,11-13H2,(H,20,21). The third-order valence-corrected chi connectivity index (χ3v) is 3.90. The molecule has 5 nitrogen and oxygen atoms in total. The summed E-state index contributed by atoms with van der Waals surface area (Å²) in [6, 6.07) is 15.8. The van der Waals surface area contributed by atoms with E-state index < -0.39 is 5.97 Å². The number of rotatable bonds is 7. The van der Waals surface area contributed by atoms with Gasteiger partial charge < -0.3 is 24.3 Å². The molecule has 0 fully saturated rings. The number of carbonyl (C=O) groups excluding carboxylic acids is 1. The Hall–Kier alpha value is -2.53. The van der Waals surface area contributed by atoms with Gasteiger partial charge in [0.15, 0.2) is 11.5 Å². The molecule has 0 aromatic heterocycles. The molecule has 120 valence electrons. The highest BCUT2D eigenvalue weighted by Gasteiger charge is 2.16. The molecule has 23 heavy (non-hydrogen) atoms. The van der Waals surface area contributed by atoms with E-state index in [9.17, 15) is 9.90 Å². The largest absolute Gasteiger partial charge is 0.544 e. The predicted molar refractivity (Wildman–Crippen MR) is 82.1 cm³/mol. The van der Waals surface area contributed by atoms with E-state index in [-0.39, 0.29) is 13.3 Å². The second-order valence-electron chi connectivity index (χ2n) is 5.65. The minimum absolute atomic E-state index is 0.0126. The van der Waals surface area contributed by atoms with Crippen molar-refractivity contribution in [1.29, 1.82) is 0 Å². The number of ether oxygens (including phenoxy) is 2. The van der Waals surface area contributed by atoms with Crippen molar-refractivity contribution in [3.63, 3.8) is 0 Å². The first-order chi connectivity index (χ1) is 11.2. The third kappa shape index (κ3) is 4.23. The van der Waals surface area contributed by atoms with Crippen molar-refractivity contribution in [2.75, 3.05) is 19.9 Å². The van der Waals surface area contributed by atoms with Crippen LogP contribution in [0.4, 0.5) is 0 Å². The van der Waals surface area contributed by atoms with Gasteiger partial charge >= 0.3 is 0 Å². The van der Waals surface area contributed by atoms with Gasteiger partial charge in [-0.2, -0.15) is 0 Å². The second-order valence-corrected chi connectivity index (χ2v) is 5.65. The van der Waals surface area contributed by atoms with Gasteiger partial charge in [0.2, 0.25) is 6.79 Å². The Morgan fingerprint density at radius 3 is 2.61 bits per heavy atom. The fraction of sp³-hybridized carbons (Fsp3) is 0.278. The number of hydrogen-bond acceptors (Lipinski definition) is 4. The fourth-order valence-corrected chi connectivity index (χ4v) is 2.75. The van der Waals surface area contributed by atoms with E-state index in [1.807, 2.05) is 36.4 Å².